The van der Waals surface area contributed by atoms with Crippen LogP contribution < -0.4 is 10.6 Å². The zero-order chi connectivity index (χ0) is 14.5. The Balaban J connectivity index is 2.36. The van der Waals surface area contributed by atoms with Crippen LogP contribution in [0, 0.1) is 0 Å². The molecule has 0 aliphatic heterocycles. The second-order valence-corrected chi connectivity index (χ2v) is 6.34. The summed E-state index contributed by atoms with van der Waals surface area (Å²) in [5, 5.41) is 6.88. The Bertz CT molecular complexity index is 409. The molecular weight excluding hydrogens is 260 g/mol. The minimum atomic E-state index is -0.0449. The summed E-state index contributed by atoms with van der Waals surface area (Å²) in [5.74, 6) is 0.0244. The van der Waals surface area contributed by atoms with Crippen LogP contribution in [0.5, 0.6) is 0 Å². The van der Waals surface area contributed by atoms with Crippen molar-refractivity contribution in [2.24, 2.45) is 0 Å². The van der Waals surface area contributed by atoms with Crippen LogP contribution in [0.2, 0.25) is 5.02 Å². The highest BCUT2D eigenvalue weighted by Crippen LogP contribution is 2.11. The Morgan fingerprint density at radius 3 is 2.37 bits per heavy atom. The molecule has 0 spiro atoms. The molecule has 1 aromatic carbocycles. The van der Waals surface area contributed by atoms with Crippen molar-refractivity contribution in [3.05, 3.63) is 34.9 Å². The molecule has 0 aliphatic rings. The van der Waals surface area contributed by atoms with E-state index in [1.165, 1.54) is 5.56 Å². The summed E-state index contributed by atoms with van der Waals surface area (Å²) in [6.45, 7) is 8.46. The lowest BCUT2D eigenvalue weighted by Gasteiger charge is -2.21. The molecule has 1 rings (SSSR count). The average molecular weight is 283 g/mol. The molecular formula is C15H23ClN2O. The first-order valence-electron chi connectivity index (χ1n) is 6.55. The molecule has 106 valence electrons. The molecule has 1 aromatic rings. The van der Waals surface area contributed by atoms with Gasteiger partial charge in [0, 0.05) is 16.6 Å². The zero-order valence-electron chi connectivity index (χ0n) is 12.1. The van der Waals surface area contributed by atoms with E-state index < -0.39 is 0 Å². The minimum absolute atomic E-state index is 0.0244. The Kier molecular flexibility index (Phi) is 5.83. The highest BCUT2D eigenvalue weighted by molar-refractivity contribution is 6.30. The van der Waals surface area contributed by atoms with Crippen molar-refractivity contribution in [1.82, 2.24) is 10.6 Å². The lowest BCUT2D eigenvalue weighted by atomic mass is 10.1. The van der Waals surface area contributed by atoms with Crippen LogP contribution in [-0.2, 0) is 11.2 Å². The van der Waals surface area contributed by atoms with Gasteiger partial charge in [0.25, 0.3) is 0 Å². The molecule has 4 heteroatoms. The van der Waals surface area contributed by atoms with E-state index in [1.54, 1.807) is 0 Å². The molecule has 0 fully saturated rings. The number of nitrogens with one attached hydrogen (secondary N) is 2. The molecule has 0 heterocycles. The van der Waals surface area contributed by atoms with E-state index in [9.17, 15) is 4.79 Å². The van der Waals surface area contributed by atoms with Gasteiger partial charge in [0.1, 0.15) is 0 Å². The summed E-state index contributed by atoms with van der Waals surface area (Å²) in [7, 11) is 0. The topological polar surface area (TPSA) is 41.1 Å². The third kappa shape index (κ3) is 7.19. The number of rotatable bonds is 5. The SMILES string of the molecule is CC(Cc1ccc(Cl)cc1)NC(=O)CNC(C)(C)C. The van der Waals surface area contributed by atoms with Crippen LogP contribution in [0.15, 0.2) is 24.3 Å². The summed E-state index contributed by atoms with van der Waals surface area (Å²) in [6.07, 6.45) is 0.804. The number of benzene rings is 1. The normalized spacial score (nSPS) is 13.1. The highest BCUT2D eigenvalue weighted by atomic mass is 35.5. The minimum Gasteiger partial charge on any atom is -0.352 e. The molecule has 0 saturated heterocycles. The van der Waals surface area contributed by atoms with Gasteiger partial charge in [-0.15, -0.1) is 0 Å². The molecule has 3 nitrogen and oxygen atoms in total. The Labute approximate surface area is 120 Å². The maximum atomic E-state index is 11.7. The maximum Gasteiger partial charge on any atom is 0.234 e. The van der Waals surface area contributed by atoms with Gasteiger partial charge in [-0.3, -0.25) is 4.79 Å². The maximum absolute atomic E-state index is 11.7. The van der Waals surface area contributed by atoms with Gasteiger partial charge in [0.15, 0.2) is 0 Å². The smallest absolute Gasteiger partial charge is 0.234 e. The van der Waals surface area contributed by atoms with Crippen molar-refractivity contribution in [2.75, 3.05) is 6.54 Å². The molecule has 0 aromatic heterocycles. The molecule has 0 radical (unpaired) electrons. The molecule has 0 bridgehead atoms. The van der Waals surface area contributed by atoms with Crippen LogP contribution in [-0.4, -0.2) is 24.0 Å². The number of amides is 1. The quantitative estimate of drug-likeness (QED) is 0.872. The second-order valence-electron chi connectivity index (χ2n) is 5.90. The van der Waals surface area contributed by atoms with Gasteiger partial charge < -0.3 is 10.6 Å². The Hall–Kier alpha value is -1.06. The number of carbonyl (C=O) groups excluding carboxylic acids is 1. The van der Waals surface area contributed by atoms with E-state index in [1.807, 2.05) is 52.0 Å². The van der Waals surface area contributed by atoms with Crippen LogP contribution in [0.1, 0.15) is 33.3 Å². The van der Waals surface area contributed by atoms with E-state index in [-0.39, 0.29) is 17.5 Å². The fraction of sp³-hybridized carbons (Fsp3) is 0.533. The monoisotopic (exact) mass is 282 g/mol. The van der Waals surface area contributed by atoms with Crippen LogP contribution in [0.3, 0.4) is 0 Å². The first-order chi connectivity index (χ1) is 8.76. The van der Waals surface area contributed by atoms with E-state index in [4.69, 9.17) is 11.6 Å². The summed E-state index contributed by atoms with van der Waals surface area (Å²) in [6, 6.07) is 7.81. The predicted molar refractivity (Wildman–Crippen MR) is 80.5 cm³/mol. The van der Waals surface area contributed by atoms with Gasteiger partial charge in [-0.25, -0.2) is 0 Å². The lowest BCUT2D eigenvalue weighted by Crippen LogP contribution is -2.45. The Morgan fingerprint density at radius 2 is 1.84 bits per heavy atom. The number of halogens is 1. The largest absolute Gasteiger partial charge is 0.352 e. The summed E-state index contributed by atoms with van der Waals surface area (Å²) < 4.78 is 0. The van der Waals surface area contributed by atoms with Gasteiger partial charge in [0.05, 0.1) is 6.54 Å². The summed E-state index contributed by atoms with van der Waals surface area (Å²) >= 11 is 5.84. The van der Waals surface area contributed by atoms with Crippen molar-refractivity contribution in [2.45, 2.75) is 45.7 Å². The molecule has 2 N–H and O–H groups in total. The zero-order valence-corrected chi connectivity index (χ0v) is 12.8. The third-order valence-corrected chi connectivity index (χ3v) is 2.89. The number of carbonyl (C=O) groups is 1. The van der Waals surface area contributed by atoms with Crippen molar-refractivity contribution in [1.29, 1.82) is 0 Å². The average Bonchev–Trinajstić information content (AvgIpc) is 2.29. The second kappa shape index (κ2) is 6.92. The molecule has 1 amide bonds. The molecule has 0 saturated carbocycles. The van der Waals surface area contributed by atoms with Gasteiger partial charge >= 0.3 is 0 Å². The molecule has 19 heavy (non-hydrogen) atoms. The first-order valence-corrected chi connectivity index (χ1v) is 6.93. The lowest BCUT2D eigenvalue weighted by molar-refractivity contribution is -0.121. The van der Waals surface area contributed by atoms with E-state index in [2.05, 4.69) is 10.6 Å². The predicted octanol–water partition coefficient (Wildman–Crippen LogP) is 2.78. The fourth-order valence-electron chi connectivity index (χ4n) is 1.70. The highest BCUT2D eigenvalue weighted by Gasteiger charge is 2.13. The van der Waals surface area contributed by atoms with Crippen molar-refractivity contribution >= 4 is 17.5 Å². The standard InChI is InChI=1S/C15H23ClN2O/c1-11(9-12-5-7-13(16)8-6-12)18-14(19)10-17-15(2,3)4/h5-8,11,17H,9-10H2,1-4H3,(H,18,19). The molecule has 1 unspecified atom stereocenters. The van der Waals surface area contributed by atoms with Crippen LogP contribution in [0.4, 0.5) is 0 Å². The van der Waals surface area contributed by atoms with Crippen LogP contribution >= 0.6 is 11.6 Å². The number of hydrogen-bond donors (Lipinski definition) is 2. The number of hydrogen-bond acceptors (Lipinski definition) is 2. The van der Waals surface area contributed by atoms with E-state index in [0.29, 0.717) is 6.54 Å². The van der Waals surface area contributed by atoms with Crippen molar-refractivity contribution in [3.63, 3.8) is 0 Å². The van der Waals surface area contributed by atoms with Gasteiger partial charge in [0.2, 0.25) is 5.91 Å². The first kappa shape index (κ1) is 16.0. The fourth-order valence-corrected chi connectivity index (χ4v) is 1.82. The third-order valence-electron chi connectivity index (χ3n) is 2.64. The van der Waals surface area contributed by atoms with Gasteiger partial charge in [-0.2, -0.15) is 0 Å². The van der Waals surface area contributed by atoms with Crippen LogP contribution in [0.25, 0.3) is 0 Å². The van der Waals surface area contributed by atoms with Crippen molar-refractivity contribution in [3.8, 4) is 0 Å². The van der Waals surface area contributed by atoms with E-state index in [0.717, 1.165) is 11.4 Å². The van der Waals surface area contributed by atoms with Crippen molar-refractivity contribution < 1.29 is 4.79 Å². The summed E-state index contributed by atoms with van der Waals surface area (Å²) in [4.78, 5) is 11.7. The molecule has 0 aliphatic carbocycles. The molecule has 1 atom stereocenters. The Morgan fingerprint density at radius 1 is 1.26 bits per heavy atom. The van der Waals surface area contributed by atoms with E-state index >= 15 is 0 Å². The van der Waals surface area contributed by atoms with Gasteiger partial charge in [-0.05, 0) is 51.8 Å². The summed E-state index contributed by atoms with van der Waals surface area (Å²) in [5.41, 5.74) is 1.12. The van der Waals surface area contributed by atoms with Gasteiger partial charge in [-0.1, -0.05) is 23.7 Å².